The number of aromatic nitrogens is 3. The Labute approximate surface area is 111 Å². The number of fused-ring (bicyclic) bond motifs is 2. The highest BCUT2D eigenvalue weighted by molar-refractivity contribution is 5.71. The number of pyridine rings is 1. The number of hydrogen-bond donors (Lipinski definition) is 1. The van der Waals surface area contributed by atoms with E-state index < -0.39 is 0 Å². The summed E-state index contributed by atoms with van der Waals surface area (Å²) in [5.41, 5.74) is 5.95. The van der Waals surface area contributed by atoms with Crippen molar-refractivity contribution >= 4 is 11.2 Å². The lowest BCUT2D eigenvalue weighted by molar-refractivity contribution is 0.696. The maximum atomic E-state index is 4.65. The van der Waals surface area contributed by atoms with Gasteiger partial charge in [-0.3, -0.25) is 0 Å². The lowest BCUT2D eigenvalue weighted by Gasteiger charge is -2.03. The van der Waals surface area contributed by atoms with Crippen LogP contribution in [0.4, 0.5) is 0 Å². The smallest absolute Gasteiger partial charge is 0.177 e. The Balaban J connectivity index is 1.73. The van der Waals surface area contributed by atoms with E-state index in [2.05, 4.69) is 52.2 Å². The molecule has 0 amide bonds. The first-order chi connectivity index (χ1) is 9.29. The Bertz CT molecular complexity index is 733. The largest absolute Gasteiger partial charge is 0.340 e. The molecule has 19 heavy (non-hydrogen) atoms. The highest BCUT2D eigenvalue weighted by atomic mass is 15.0. The Hall–Kier alpha value is -2.16. The van der Waals surface area contributed by atoms with Crippen LogP contribution in [-0.4, -0.2) is 15.0 Å². The van der Waals surface area contributed by atoms with Crippen LogP contribution in [0.1, 0.15) is 28.4 Å². The number of nitrogens with zero attached hydrogens (tertiary/aromatic N) is 2. The van der Waals surface area contributed by atoms with E-state index in [1.165, 1.54) is 11.1 Å². The van der Waals surface area contributed by atoms with E-state index in [9.17, 15) is 0 Å². The minimum atomic E-state index is 0.465. The van der Waals surface area contributed by atoms with Crippen molar-refractivity contribution in [3.63, 3.8) is 0 Å². The van der Waals surface area contributed by atoms with Crippen LogP contribution in [0.25, 0.3) is 11.2 Å². The van der Waals surface area contributed by atoms with Gasteiger partial charge in [0.15, 0.2) is 5.65 Å². The van der Waals surface area contributed by atoms with Gasteiger partial charge in [0.1, 0.15) is 5.82 Å². The summed E-state index contributed by atoms with van der Waals surface area (Å²) in [7, 11) is 0. The first-order valence-corrected chi connectivity index (χ1v) is 6.68. The van der Waals surface area contributed by atoms with Crippen molar-refractivity contribution < 1.29 is 0 Å². The number of aromatic amines is 1. The molecule has 0 atom stereocenters. The van der Waals surface area contributed by atoms with Gasteiger partial charge in [-0.2, -0.15) is 0 Å². The van der Waals surface area contributed by atoms with Crippen molar-refractivity contribution in [3.8, 4) is 0 Å². The molecule has 1 aliphatic rings. The number of rotatable bonds is 1. The zero-order valence-corrected chi connectivity index (χ0v) is 10.9. The highest BCUT2D eigenvalue weighted by Crippen LogP contribution is 2.33. The molecule has 0 fully saturated rings. The Morgan fingerprint density at radius 3 is 2.63 bits per heavy atom. The van der Waals surface area contributed by atoms with Gasteiger partial charge in [-0.15, -0.1) is 0 Å². The summed E-state index contributed by atoms with van der Waals surface area (Å²) in [4.78, 5) is 12.5. The second-order valence-electron chi connectivity index (χ2n) is 5.38. The van der Waals surface area contributed by atoms with Gasteiger partial charge in [-0.25, -0.2) is 9.97 Å². The molecular formula is C16H15N3. The third-order valence-corrected chi connectivity index (χ3v) is 3.93. The fraction of sp³-hybridized carbons (Fsp3) is 0.250. The van der Waals surface area contributed by atoms with Crippen LogP contribution in [0.2, 0.25) is 0 Å². The van der Waals surface area contributed by atoms with Crippen molar-refractivity contribution in [2.24, 2.45) is 0 Å². The summed E-state index contributed by atoms with van der Waals surface area (Å²) in [6, 6.07) is 10.8. The van der Waals surface area contributed by atoms with Gasteiger partial charge < -0.3 is 4.98 Å². The monoisotopic (exact) mass is 249 g/mol. The third kappa shape index (κ3) is 1.73. The lowest BCUT2D eigenvalue weighted by Crippen LogP contribution is -2.00. The second kappa shape index (κ2) is 3.92. The third-order valence-electron chi connectivity index (χ3n) is 3.93. The molecule has 0 saturated carbocycles. The topological polar surface area (TPSA) is 41.6 Å². The molecule has 94 valence electrons. The number of aryl methyl sites for hydroxylation is 1. The fourth-order valence-corrected chi connectivity index (χ4v) is 2.97. The van der Waals surface area contributed by atoms with Crippen molar-refractivity contribution in [1.29, 1.82) is 0 Å². The first kappa shape index (κ1) is 10.7. The van der Waals surface area contributed by atoms with E-state index in [1.54, 1.807) is 0 Å². The van der Waals surface area contributed by atoms with Gasteiger partial charge in [0.25, 0.3) is 0 Å². The summed E-state index contributed by atoms with van der Waals surface area (Å²) < 4.78 is 0. The van der Waals surface area contributed by atoms with E-state index in [4.69, 9.17) is 0 Å². The van der Waals surface area contributed by atoms with Gasteiger partial charge >= 0.3 is 0 Å². The molecular weight excluding hydrogens is 234 g/mol. The van der Waals surface area contributed by atoms with E-state index in [0.29, 0.717) is 5.92 Å². The van der Waals surface area contributed by atoms with Crippen molar-refractivity contribution in [2.75, 3.05) is 0 Å². The molecule has 3 aromatic rings. The minimum absolute atomic E-state index is 0.465. The molecule has 4 rings (SSSR count). The summed E-state index contributed by atoms with van der Waals surface area (Å²) in [5.74, 6) is 1.54. The molecule has 0 spiro atoms. The second-order valence-corrected chi connectivity index (χ2v) is 5.38. The van der Waals surface area contributed by atoms with Crippen molar-refractivity contribution in [3.05, 3.63) is 59.0 Å². The highest BCUT2D eigenvalue weighted by Gasteiger charge is 2.25. The molecule has 1 N–H and O–H groups in total. The van der Waals surface area contributed by atoms with Gasteiger partial charge in [0, 0.05) is 12.1 Å². The van der Waals surface area contributed by atoms with Crippen LogP contribution in [0.5, 0.6) is 0 Å². The van der Waals surface area contributed by atoms with Gasteiger partial charge in [-0.05, 0) is 42.5 Å². The van der Waals surface area contributed by atoms with Crippen molar-refractivity contribution in [2.45, 2.75) is 25.7 Å². The summed E-state index contributed by atoms with van der Waals surface area (Å²) in [6.45, 7) is 2.05. The van der Waals surface area contributed by atoms with Crippen LogP contribution in [0.3, 0.4) is 0 Å². The standard InChI is InChI=1S/C16H15N3/c1-10-6-14-16(17-9-10)19-15(18-14)13-7-11-4-2-3-5-12(11)8-13/h2-6,9,13H,7-8H2,1H3,(H,17,18,19). The predicted octanol–water partition coefficient (Wildman–Crippen LogP) is 3.15. The Morgan fingerprint density at radius 1 is 1.16 bits per heavy atom. The maximum absolute atomic E-state index is 4.65. The lowest BCUT2D eigenvalue weighted by atomic mass is 10.1. The van der Waals surface area contributed by atoms with Gasteiger partial charge in [0.2, 0.25) is 0 Å². The number of benzene rings is 1. The fourth-order valence-electron chi connectivity index (χ4n) is 2.97. The predicted molar refractivity (Wildman–Crippen MR) is 75.2 cm³/mol. The quantitative estimate of drug-likeness (QED) is 0.719. The molecule has 0 saturated heterocycles. The molecule has 0 aliphatic heterocycles. The van der Waals surface area contributed by atoms with Gasteiger partial charge in [-0.1, -0.05) is 24.3 Å². The van der Waals surface area contributed by atoms with E-state index in [-0.39, 0.29) is 0 Å². The molecule has 0 bridgehead atoms. The Kier molecular flexibility index (Phi) is 2.21. The molecule has 2 heterocycles. The SMILES string of the molecule is Cc1cnc2nc(C3Cc4ccccc4C3)[nH]c2c1. The molecule has 1 aromatic carbocycles. The number of hydrogen-bond acceptors (Lipinski definition) is 2. The van der Waals surface area contributed by atoms with Crippen LogP contribution in [0.15, 0.2) is 36.5 Å². The van der Waals surface area contributed by atoms with E-state index in [1.807, 2.05) is 6.20 Å². The maximum Gasteiger partial charge on any atom is 0.177 e. The number of nitrogens with one attached hydrogen (secondary N) is 1. The zero-order valence-electron chi connectivity index (χ0n) is 10.9. The van der Waals surface area contributed by atoms with Crippen molar-refractivity contribution in [1.82, 2.24) is 15.0 Å². The molecule has 0 unspecified atom stereocenters. The molecule has 0 radical (unpaired) electrons. The zero-order chi connectivity index (χ0) is 12.8. The molecule has 3 heteroatoms. The molecule has 1 aliphatic carbocycles. The van der Waals surface area contributed by atoms with Crippen LogP contribution in [0, 0.1) is 6.92 Å². The minimum Gasteiger partial charge on any atom is -0.340 e. The Morgan fingerprint density at radius 2 is 1.89 bits per heavy atom. The molecule has 3 nitrogen and oxygen atoms in total. The average molecular weight is 249 g/mol. The summed E-state index contributed by atoms with van der Waals surface area (Å²) in [5, 5.41) is 0. The number of H-pyrrole nitrogens is 1. The van der Waals surface area contributed by atoms with E-state index >= 15 is 0 Å². The summed E-state index contributed by atoms with van der Waals surface area (Å²) >= 11 is 0. The average Bonchev–Trinajstić information content (AvgIpc) is 3.00. The normalized spacial score (nSPS) is 15.0. The van der Waals surface area contributed by atoms with E-state index in [0.717, 1.165) is 35.4 Å². The summed E-state index contributed by atoms with van der Waals surface area (Å²) in [6.07, 6.45) is 4.03. The van der Waals surface area contributed by atoms with Crippen LogP contribution >= 0.6 is 0 Å². The molecule has 2 aromatic heterocycles. The van der Waals surface area contributed by atoms with Gasteiger partial charge in [0.05, 0.1) is 5.52 Å². The first-order valence-electron chi connectivity index (χ1n) is 6.68. The van der Waals surface area contributed by atoms with Crippen LogP contribution in [-0.2, 0) is 12.8 Å². The van der Waals surface area contributed by atoms with Crippen LogP contribution < -0.4 is 0 Å². The number of imidazole rings is 1.